The Morgan fingerprint density at radius 3 is 2.71 bits per heavy atom. The molecule has 0 aliphatic carbocycles. The number of amides is 1. The maximum atomic E-state index is 12.9. The molecular weight excluding hydrogens is 311 g/mol. The van der Waals surface area contributed by atoms with E-state index < -0.39 is 0 Å². The highest BCUT2D eigenvalue weighted by Crippen LogP contribution is 2.22. The molecule has 0 N–H and O–H groups in total. The molecular formula is C14H9FN2O2S2. The van der Waals surface area contributed by atoms with E-state index in [0.717, 1.165) is 5.56 Å². The number of furan rings is 1. The van der Waals surface area contributed by atoms with Gasteiger partial charge in [-0.25, -0.2) is 4.39 Å². The third kappa shape index (κ3) is 3.03. The van der Waals surface area contributed by atoms with Crippen molar-refractivity contribution in [3.05, 3.63) is 48.0 Å². The van der Waals surface area contributed by atoms with Gasteiger partial charge in [-0.1, -0.05) is 24.0 Å². The Morgan fingerprint density at radius 2 is 2.05 bits per heavy atom. The highest BCUT2D eigenvalue weighted by atomic mass is 32.2. The maximum absolute atomic E-state index is 12.9. The third-order valence-corrected chi connectivity index (χ3v) is 4.12. The highest BCUT2D eigenvalue weighted by molar-refractivity contribution is 8.23. The summed E-state index contributed by atoms with van der Waals surface area (Å²) in [7, 11) is 0. The molecule has 2 aromatic rings. The lowest BCUT2D eigenvalue weighted by Crippen LogP contribution is -2.22. The Hall–Kier alpha value is -1.99. The van der Waals surface area contributed by atoms with Crippen LogP contribution in [0.3, 0.4) is 0 Å². The first kappa shape index (κ1) is 14.0. The van der Waals surface area contributed by atoms with Crippen LogP contribution in [0, 0.1) is 5.82 Å². The van der Waals surface area contributed by atoms with Crippen LogP contribution in [0.1, 0.15) is 5.76 Å². The molecule has 4 nitrogen and oxygen atoms in total. The first-order valence-corrected chi connectivity index (χ1v) is 7.42. The summed E-state index contributed by atoms with van der Waals surface area (Å²) in [6, 6.07) is 9.47. The lowest BCUT2D eigenvalue weighted by Gasteiger charge is -2.05. The molecule has 2 heterocycles. The molecule has 1 fully saturated rings. The van der Waals surface area contributed by atoms with E-state index >= 15 is 0 Å². The summed E-state index contributed by atoms with van der Waals surface area (Å²) in [4.78, 5) is 11.5. The summed E-state index contributed by atoms with van der Waals surface area (Å²) in [5, 5.41) is 5.20. The molecule has 21 heavy (non-hydrogen) atoms. The van der Waals surface area contributed by atoms with Crippen molar-refractivity contribution in [3.8, 4) is 11.3 Å². The van der Waals surface area contributed by atoms with Crippen LogP contribution in [0.15, 0.2) is 45.9 Å². The van der Waals surface area contributed by atoms with E-state index in [1.807, 2.05) is 0 Å². The second kappa shape index (κ2) is 5.79. The topological polar surface area (TPSA) is 45.8 Å². The van der Waals surface area contributed by atoms with Crippen molar-refractivity contribution < 1.29 is 13.6 Å². The molecule has 1 aromatic carbocycles. The second-order valence-corrected chi connectivity index (χ2v) is 5.82. The van der Waals surface area contributed by atoms with Gasteiger partial charge in [0.2, 0.25) is 0 Å². The van der Waals surface area contributed by atoms with Crippen LogP contribution < -0.4 is 0 Å². The van der Waals surface area contributed by atoms with E-state index in [4.69, 9.17) is 16.6 Å². The molecule has 0 unspecified atom stereocenters. The molecule has 1 saturated heterocycles. The Labute approximate surface area is 129 Å². The summed E-state index contributed by atoms with van der Waals surface area (Å²) >= 11 is 6.30. The van der Waals surface area contributed by atoms with E-state index in [9.17, 15) is 9.18 Å². The fraction of sp³-hybridized carbons (Fsp3) is 0.0714. The average molecular weight is 320 g/mol. The quantitative estimate of drug-likeness (QED) is 0.643. The number of rotatable bonds is 3. The average Bonchev–Trinajstić information content (AvgIpc) is 3.06. The Balaban J connectivity index is 1.77. The SMILES string of the molecule is O=C1CSC(=S)N1/N=C\c1ccc(-c2ccc(F)cc2)o1. The number of halogens is 1. The predicted molar refractivity (Wildman–Crippen MR) is 83.6 cm³/mol. The second-order valence-electron chi connectivity index (χ2n) is 4.21. The third-order valence-electron chi connectivity index (χ3n) is 2.78. The standard InChI is InChI=1S/C14H9FN2O2S2/c15-10-3-1-9(2-4-10)12-6-5-11(19-12)7-16-17-13(18)8-21-14(17)20/h1-7H,8H2/b16-7-. The minimum atomic E-state index is -0.300. The lowest BCUT2D eigenvalue weighted by atomic mass is 10.2. The van der Waals surface area contributed by atoms with Gasteiger partial charge in [-0.15, -0.1) is 0 Å². The van der Waals surface area contributed by atoms with Gasteiger partial charge in [0.25, 0.3) is 5.91 Å². The summed E-state index contributed by atoms with van der Waals surface area (Å²) in [5.41, 5.74) is 0.763. The van der Waals surface area contributed by atoms with E-state index in [2.05, 4.69) is 5.10 Å². The Morgan fingerprint density at radius 1 is 1.29 bits per heavy atom. The van der Waals surface area contributed by atoms with Crippen LogP contribution >= 0.6 is 24.0 Å². The zero-order valence-corrected chi connectivity index (χ0v) is 12.3. The summed E-state index contributed by atoms with van der Waals surface area (Å²) in [5.74, 6) is 0.954. The molecule has 1 aromatic heterocycles. The van der Waals surface area contributed by atoms with Crippen molar-refractivity contribution in [1.82, 2.24) is 5.01 Å². The van der Waals surface area contributed by atoms with Crippen LogP contribution in [0.5, 0.6) is 0 Å². The number of hydrazone groups is 1. The minimum absolute atomic E-state index is 0.147. The smallest absolute Gasteiger partial charge is 0.259 e. The normalized spacial score (nSPS) is 15.4. The van der Waals surface area contributed by atoms with Gasteiger partial charge in [0.05, 0.1) is 12.0 Å². The van der Waals surface area contributed by atoms with Gasteiger partial charge in [-0.3, -0.25) is 4.79 Å². The molecule has 1 aliphatic rings. The molecule has 1 aliphatic heterocycles. The van der Waals surface area contributed by atoms with Crippen LogP contribution in [-0.2, 0) is 4.79 Å². The van der Waals surface area contributed by atoms with Gasteiger partial charge < -0.3 is 4.42 Å². The maximum Gasteiger partial charge on any atom is 0.259 e. The van der Waals surface area contributed by atoms with E-state index in [-0.39, 0.29) is 11.7 Å². The van der Waals surface area contributed by atoms with Crippen molar-refractivity contribution >= 4 is 40.4 Å². The van der Waals surface area contributed by atoms with Crippen molar-refractivity contribution in [3.63, 3.8) is 0 Å². The summed E-state index contributed by atoms with van der Waals surface area (Å²) < 4.78 is 18.9. The zero-order valence-electron chi connectivity index (χ0n) is 10.7. The molecule has 106 valence electrons. The van der Waals surface area contributed by atoms with Gasteiger partial charge in [0.15, 0.2) is 4.32 Å². The minimum Gasteiger partial charge on any atom is -0.455 e. The predicted octanol–water partition coefficient (Wildman–Crippen LogP) is 3.28. The van der Waals surface area contributed by atoms with Crippen LogP contribution in [0.4, 0.5) is 4.39 Å². The Bertz CT molecular complexity index is 709. The number of hydrogen-bond donors (Lipinski definition) is 0. The first-order valence-electron chi connectivity index (χ1n) is 6.03. The molecule has 0 radical (unpaired) electrons. The van der Waals surface area contributed by atoms with E-state index in [0.29, 0.717) is 21.6 Å². The fourth-order valence-electron chi connectivity index (χ4n) is 1.77. The molecule has 0 atom stereocenters. The molecule has 0 bridgehead atoms. The number of benzene rings is 1. The van der Waals surface area contributed by atoms with Gasteiger partial charge >= 0.3 is 0 Å². The zero-order chi connectivity index (χ0) is 14.8. The van der Waals surface area contributed by atoms with E-state index in [1.54, 1.807) is 24.3 Å². The molecule has 7 heteroatoms. The number of thioether (sulfide) groups is 1. The number of carbonyl (C=O) groups is 1. The van der Waals surface area contributed by atoms with Crippen molar-refractivity contribution in [2.75, 3.05) is 5.75 Å². The molecule has 0 spiro atoms. The van der Waals surface area contributed by atoms with Crippen molar-refractivity contribution in [1.29, 1.82) is 0 Å². The number of nitrogens with zero attached hydrogens (tertiary/aromatic N) is 2. The van der Waals surface area contributed by atoms with Gasteiger partial charge in [-0.2, -0.15) is 10.1 Å². The van der Waals surface area contributed by atoms with Crippen molar-refractivity contribution in [2.24, 2.45) is 5.10 Å². The first-order chi connectivity index (χ1) is 10.1. The van der Waals surface area contributed by atoms with Crippen LogP contribution in [0.25, 0.3) is 11.3 Å². The highest BCUT2D eigenvalue weighted by Gasteiger charge is 2.26. The lowest BCUT2D eigenvalue weighted by molar-refractivity contribution is -0.123. The number of thiocarbonyl (C=S) groups is 1. The number of carbonyl (C=O) groups excluding carboxylic acids is 1. The van der Waals surface area contributed by atoms with Crippen LogP contribution in [-0.4, -0.2) is 27.2 Å². The summed E-state index contributed by atoms with van der Waals surface area (Å²) in [6.45, 7) is 0. The van der Waals surface area contributed by atoms with Crippen LogP contribution in [0.2, 0.25) is 0 Å². The van der Waals surface area contributed by atoms with Crippen molar-refractivity contribution in [2.45, 2.75) is 0 Å². The molecule has 1 amide bonds. The number of hydrogen-bond acceptors (Lipinski definition) is 5. The molecule has 3 rings (SSSR count). The largest absolute Gasteiger partial charge is 0.455 e. The summed E-state index contributed by atoms with van der Waals surface area (Å²) in [6.07, 6.45) is 1.43. The van der Waals surface area contributed by atoms with E-state index in [1.165, 1.54) is 35.1 Å². The monoisotopic (exact) mass is 320 g/mol. The van der Waals surface area contributed by atoms with Gasteiger partial charge in [-0.05, 0) is 36.4 Å². The fourth-order valence-corrected chi connectivity index (χ4v) is 2.73. The Kier molecular flexibility index (Phi) is 3.85. The van der Waals surface area contributed by atoms with Gasteiger partial charge in [0, 0.05) is 5.56 Å². The van der Waals surface area contributed by atoms with Gasteiger partial charge in [0.1, 0.15) is 17.3 Å². The molecule has 0 saturated carbocycles.